The molecule has 0 bridgehead atoms. The summed E-state index contributed by atoms with van der Waals surface area (Å²) in [5.41, 5.74) is 0.930. The maximum atomic E-state index is 11.6. The predicted octanol–water partition coefficient (Wildman–Crippen LogP) is 4.69. The van der Waals surface area contributed by atoms with E-state index in [1.54, 1.807) is 6.07 Å². The van der Waals surface area contributed by atoms with E-state index in [4.69, 9.17) is 9.47 Å². The highest BCUT2D eigenvalue weighted by atomic mass is 16.7. The molecule has 3 nitrogen and oxygen atoms in total. The van der Waals surface area contributed by atoms with Crippen molar-refractivity contribution in [1.82, 2.24) is 0 Å². The van der Waals surface area contributed by atoms with Gasteiger partial charge in [-0.2, -0.15) is 0 Å². The largest absolute Gasteiger partial charge is 0.513 e. The Bertz CT molecular complexity index is 405. The van der Waals surface area contributed by atoms with Crippen molar-refractivity contribution in [3.8, 4) is 5.75 Å². The van der Waals surface area contributed by atoms with E-state index >= 15 is 0 Å². The lowest BCUT2D eigenvalue weighted by atomic mass is 9.86. The molecule has 3 heteroatoms. The van der Waals surface area contributed by atoms with Gasteiger partial charge < -0.3 is 9.47 Å². The third-order valence-electron chi connectivity index (χ3n) is 2.86. The standard InChI is InChI=1S/C16H24O3/c1-5-6-9-12-18-15(17)19-14-11-8-7-10-13(14)16(2,3)4/h7-8,10-11H,5-6,9,12H2,1-4H3. The van der Waals surface area contributed by atoms with Crippen LogP contribution >= 0.6 is 0 Å². The minimum atomic E-state index is -0.618. The summed E-state index contributed by atoms with van der Waals surface area (Å²) in [6.45, 7) is 8.79. The summed E-state index contributed by atoms with van der Waals surface area (Å²) in [4.78, 5) is 11.6. The number of carbonyl (C=O) groups is 1. The molecule has 0 aliphatic rings. The fourth-order valence-corrected chi connectivity index (χ4v) is 1.80. The fraction of sp³-hybridized carbons (Fsp3) is 0.562. The third kappa shape index (κ3) is 5.33. The monoisotopic (exact) mass is 264 g/mol. The summed E-state index contributed by atoms with van der Waals surface area (Å²) in [6.07, 6.45) is 2.43. The van der Waals surface area contributed by atoms with Crippen LogP contribution < -0.4 is 4.74 Å². The highest BCUT2D eigenvalue weighted by Crippen LogP contribution is 2.31. The number of para-hydroxylation sites is 1. The minimum absolute atomic E-state index is 0.0704. The van der Waals surface area contributed by atoms with Crippen molar-refractivity contribution < 1.29 is 14.3 Å². The molecule has 0 atom stereocenters. The SMILES string of the molecule is CCCCCOC(=O)Oc1ccccc1C(C)(C)C. The molecule has 1 aromatic carbocycles. The Morgan fingerprint density at radius 1 is 1.16 bits per heavy atom. The first-order chi connectivity index (χ1) is 8.95. The van der Waals surface area contributed by atoms with E-state index in [-0.39, 0.29) is 5.41 Å². The summed E-state index contributed by atoms with van der Waals surface area (Å²) < 4.78 is 10.3. The number of ether oxygens (including phenoxy) is 2. The lowest BCUT2D eigenvalue weighted by Crippen LogP contribution is -2.17. The van der Waals surface area contributed by atoms with Crippen molar-refractivity contribution in [1.29, 1.82) is 0 Å². The predicted molar refractivity (Wildman–Crippen MR) is 76.6 cm³/mol. The normalized spacial score (nSPS) is 11.2. The summed E-state index contributed by atoms with van der Waals surface area (Å²) >= 11 is 0. The van der Waals surface area contributed by atoms with Gasteiger partial charge in [0.25, 0.3) is 0 Å². The highest BCUT2D eigenvalue weighted by Gasteiger charge is 2.20. The third-order valence-corrected chi connectivity index (χ3v) is 2.86. The summed E-state index contributed by atoms with van der Waals surface area (Å²) in [5, 5.41) is 0. The van der Waals surface area contributed by atoms with Crippen LogP contribution in [0.25, 0.3) is 0 Å². The van der Waals surface area contributed by atoms with Gasteiger partial charge in [0, 0.05) is 5.56 Å². The number of rotatable bonds is 5. The Morgan fingerprint density at radius 3 is 2.47 bits per heavy atom. The Hall–Kier alpha value is -1.51. The molecular weight excluding hydrogens is 240 g/mol. The summed E-state index contributed by atoms with van der Waals surface area (Å²) in [6, 6.07) is 7.57. The fourth-order valence-electron chi connectivity index (χ4n) is 1.80. The van der Waals surface area contributed by atoms with Crippen LogP contribution in [-0.4, -0.2) is 12.8 Å². The van der Waals surface area contributed by atoms with Gasteiger partial charge in [-0.05, 0) is 17.9 Å². The van der Waals surface area contributed by atoms with E-state index in [0.29, 0.717) is 12.4 Å². The van der Waals surface area contributed by atoms with Crippen molar-refractivity contribution in [2.45, 2.75) is 52.4 Å². The summed E-state index contributed by atoms with van der Waals surface area (Å²) in [7, 11) is 0. The van der Waals surface area contributed by atoms with Gasteiger partial charge in [-0.25, -0.2) is 4.79 Å². The van der Waals surface area contributed by atoms with Crippen LogP contribution in [0.1, 0.15) is 52.5 Å². The number of hydrogen-bond acceptors (Lipinski definition) is 3. The molecule has 0 radical (unpaired) electrons. The van der Waals surface area contributed by atoms with Gasteiger partial charge in [0.2, 0.25) is 0 Å². The molecule has 0 fully saturated rings. The lowest BCUT2D eigenvalue weighted by Gasteiger charge is -2.21. The van der Waals surface area contributed by atoms with E-state index in [2.05, 4.69) is 27.7 Å². The van der Waals surface area contributed by atoms with Crippen LogP contribution in [0.5, 0.6) is 5.75 Å². The number of benzene rings is 1. The molecular formula is C16H24O3. The van der Waals surface area contributed by atoms with Crippen molar-refractivity contribution in [3.05, 3.63) is 29.8 Å². The second-order valence-corrected chi connectivity index (χ2v) is 5.65. The lowest BCUT2D eigenvalue weighted by molar-refractivity contribution is 0.0968. The van der Waals surface area contributed by atoms with Crippen molar-refractivity contribution in [2.75, 3.05) is 6.61 Å². The topological polar surface area (TPSA) is 35.5 Å². The number of hydrogen-bond donors (Lipinski definition) is 0. The van der Waals surface area contributed by atoms with E-state index in [1.807, 2.05) is 18.2 Å². The maximum absolute atomic E-state index is 11.6. The second-order valence-electron chi connectivity index (χ2n) is 5.65. The van der Waals surface area contributed by atoms with Crippen molar-refractivity contribution in [3.63, 3.8) is 0 Å². The van der Waals surface area contributed by atoms with Crippen molar-refractivity contribution >= 4 is 6.16 Å². The van der Waals surface area contributed by atoms with Crippen molar-refractivity contribution in [2.24, 2.45) is 0 Å². The molecule has 0 spiro atoms. The van der Waals surface area contributed by atoms with Gasteiger partial charge in [0.05, 0.1) is 6.61 Å². The molecule has 0 saturated heterocycles. The Kier molecular flexibility index (Phi) is 5.87. The Morgan fingerprint density at radius 2 is 1.84 bits per heavy atom. The molecule has 106 valence electrons. The summed E-state index contributed by atoms with van der Waals surface area (Å²) in [5.74, 6) is 0.579. The molecule has 19 heavy (non-hydrogen) atoms. The zero-order chi connectivity index (χ0) is 14.3. The van der Waals surface area contributed by atoms with Crippen LogP contribution in [0.4, 0.5) is 4.79 Å². The first-order valence-corrected chi connectivity index (χ1v) is 6.89. The van der Waals surface area contributed by atoms with Crippen LogP contribution in [0, 0.1) is 0 Å². The average molecular weight is 264 g/mol. The zero-order valence-electron chi connectivity index (χ0n) is 12.4. The van der Waals surface area contributed by atoms with Gasteiger partial charge in [0.1, 0.15) is 5.75 Å². The van der Waals surface area contributed by atoms with Gasteiger partial charge in [-0.1, -0.05) is 58.7 Å². The molecule has 0 saturated carbocycles. The molecule has 0 aromatic heterocycles. The van der Waals surface area contributed by atoms with Crippen LogP contribution in [0.2, 0.25) is 0 Å². The zero-order valence-corrected chi connectivity index (χ0v) is 12.4. The molecule has 0 amide bonds. The molecule has 0 heterocycles. The first-order valence-electron chi connectivity index (χ1n) is 6.89. The van der Waals surface area contributed by atoms with Gasteiger partial charge >= 0.3 is 6.16 Å². The van der Waals surface area contributed by atoms with Crippen LogP contribution in [-0.2, 0) is 10.2 Å². The van der Waals surface area contributed by atoms with Gasteiger partial charge in [-0.3, -0.25) is 0 Å². The van der Waals surface area contributed by atoms with Gasteiger partial charge in [-0.15, -0.1) is 0 Å². The average Bonchev–Trinajstić information content (AvgIpc) is 2.34. The van der Waals surface area contributed by atoms with Crippen LogP contribution in [0.15, 0.2) is 24.3 Å². The Labute approximate surface area is 115 Å². The molecule has 0 aliphatic heterocycles. The van der Waals surface area contributed by atoms with E-state index in [0.717, 1.165) is 24.8 Å². The first kappa shape index (κ1) is 15.5. The second kappa shape index (κ2) is 7.17. The van der Waals surface area contributed by atoms with E-state index in [1.165, 1.54) is 0 Å². The smallest absolute Gasteiger partial charge is 0.434 e. The molecule has 0 N–H and O–H groups in total. The number of unbranched alkanes of at least 4 members (excludes halogenated alkanes) is 2. The van der Waals surface area contributed by atoms with Crippen LogP contribution in [0.3, 0.4) is 0 Å². The highest BCUT2D eigenvalue weighted by molar-refractivity contribution is 5.64. The molecule has 0 aliphatic carbocycles. The van der Waals surface area contributed by atoms with E-state index < -0.39 is 6.16 Å². The number of carbonyl (C=O) groups excluding carboxylic acids is 1. The molecule has 1 rings (SSSR count). The van der Waals surface area contributed by atoms with Gasteiger partial charge in [0.15, 0.2) is 0 Å². The molecule has 1 aromatic rings. The van der Waals surface area contributed by atoms with E-state index in [9.17, 15) is 4.79 Å². The maximum Gasteiger partial charge on any atom is 0.513 e. The molecule has 0 unspecified atom stereocenters. The quantitative estimate of drug-likeness (QED) is 0.439. The minimum Gasteiger partial charge on any atom is -0.434 e. The Balaban J connectivity index is 2.59.